The minimum atomic E-state index is 0.257. The van der Waals surface area contributed by atoms with Gasteiger partial charge in [0.15, 0.2) is 11.5 Å². The second-order valence-corrected chi connectivity index (χ2v) is 5.40. The molecule has 22 heavy (non-hydrogen) atoms. The van der Waals surface area contributed by atoms with Crippen LogP contribution < -0.4 is 5.32 Å². The molecule has 0 aliphatic carbocycles. The predicted molar refractivity (Wildman–Crippen MR) is 85.1 cm³/mol. The van der Waals surface area contributed by atoms with E-state index in [0.717, 1.165) is 29.3 Å². The van der Waals surface area contributed by atoms with Gasteiger partial charge in [-0.15, -0.1) is 15.3 Å². The normalized spacial score (nSPS) is 12.5. The van der Waals surface area contributed by atoms with Crippen molar-refractivity contribution in [2.24, 2.45) is 0 Å². The number of anilines is 1. The van der Waals surface area contributed by atoms with Crippen molar-refractivity contribution in [2.75, 3.05) is 5.32 Å². The van der Waals surface area contributed by atoms with Gasteiger partial charge in [0.25, 0.3) is 0 Å². The molecule has 0 amide bonds. The highest BCUT2D eigenvalue weighted by Gasteiger charge is 2.09. The van der Waals surface area contributed by atoms with Gasteiger partial charge >= 0.3 is 0 Å². The lowest BCUT2D eigenvalue weighted by Crippen LogP contribution is -2.15. The van der Waals surface area contributed by atoms with Crippen LogP contribution in [0.1, 0.15) is 31.7 Å². The standard InChI is InChI=1S/C16H19N5O/c1-3-11(2)17-14-8-9-15-18-19-16(21(15)20-14)10-12-4-6-13(22)7-5-12/h4-9,11,22H,3,10H2,1-2H3,(H,17,20). The average molecular weight is 297 g/mol. The van der Waals surface area contributed by atoms with Crippen molar-refractivity contribution in [2.45, 2.75) is 32.7 Å². The maximum atomic E-state index is 9.34. The smallest absolute Gasteiger partial charge is 0.178 e. The summed E-state index contributed by atoms with van der Waals surface area (Å²) in [6.07, 6.45) is 1.64. The van der Waals surface area contributed by atoms with Gasteiger partial charge < -0.3 is 10.4 Å². The molecule has 0 fully saturated rings. The SMILES string of the molecule is CCC(C)Nc1ccc2nnc(Cc3ccc(O)cc3)n2n1. The van der Waals surface area contributed by atoms with Gasteiger partial charge in [0, 0.05) is 12.5 Å². The third-order valence-corrected chi connectivity index (χ3v) is 3.63. The second-order valence-electron chi connectivity index (χ2n) is 5.40. The van der Waals surface area contributed by atoms with Gasteiger partial charge in [-0.25, -0.2) is 0 Å². The highest BCUT2D eigenvalue weighted by atomic mass is 16.3. The number of fused-ring (bicyclic) bond motifs is 1. The fourth-order valence-electron chi connectivity index (χ4n) is 2.17. The summed E-state index contributed by atoms with van der Waals surface area (Å²) in [4.78, 5) is 0. The molecule has 6 heteroatoms. The first kappa shape index (κ1) is 14.3. The van der Waals surface area contributed by atoms with Crippen molar-refractivity contribution in [3.63, 3.8) is 0 Å². The summed E-state index contributed by atoms with van der Waals surface area (Å²) in [7, 11) is 0. The van der Waals surface area contributed by atoms with Gasteiger partial charge in [0.05, 0.1) is 0 Å². The summed E-state index contributed by atoms with van der Waals surface area (Å²) < 4.78 is 1.76. The van der Waals surface area contributed by atoms with E-state index < -0.39 is 0 Å². The largest absolute Gasteiger partial charge is 0.508 e. The van der Waals surface area contributed by atoms with E-state index in [1.807, 2.05) is 24.3 Å². The average Bonchev–Trinajstić information content (AvgIpc) is 2.92. The number of hydrogen-bond donors (Lipinski definition) is 2. The number of phenols is 1. The number of nitrogens with one attached hydrogen (secondary N) is 1. The lowest BCUT2D eigenvalue weighted by atomic mass is 10.1. The van der Waals surface area contributed by atoms with Crippen LogP contribution in [0.4, 0.5) is 5.82 Å². The van der Waals surface area contributed by atoms with Crippen LogP contribution in [0.2, 0.25) is 0 Å². The van der Waals surface area contributed by atoms with E-state index in [2.05, 4.69) is 34.5 Å². The van der Waals surface area contributed by atoms with Gasteiger partial charge in [-0.3, -0.25) is 0 Å². The van der Waals surface area contributed by atoms with Crippen molar-refractivity contribution >= 4 is 11.5 Å². The van der Waals surface area contributed by atoms with Crippen molar-refractivity contribution in [3.05, 3.63) is 47.8 Å². The van der Waals surface area contributed by atoms with Crippen LogP contribution in [-0.2, 0) is 6.42 Å². The molecular formula is C16H19N5O. The third-order valence-electron chi connectivity index (χ3n) is 3.63. The molecule has 0 aliphatic heterocycles. The Morgan fingerprint density at radius 1 is 1.14 bits per heavy atom. The molecule has 0 aliphatic rings. The van der Waals surface area contributed by atoms with Crippen molar-refractivity contribution in [1.82, 2.24) is 19.8 Å². The first-order chi connectivity index (χ1) is 10.7. The minimum absolute atomic E-state index is 0.257. The van der Waals surface area contributed by atoms with Crippen LogP contribution in [0.3, 0.4) is 0 Å². The molecule has 0 saturated carbocycles. The lowest BCUT2D eigenvalue weighted by Gasteiger charge is -2.11. The zero-order valence-corrected chi connectivity index (χ0v) is 12.7. The summed E-state index contributed by atoms with van der Waals surface area (Å²) in [6, 6.07) is 11.3. The molecule has 2 heterocycles. The molecule has 0 spiro atoms. The second kappa shape index (κ2) is 6.01. The number of benzene rings is 1. The molecule has 2 aromatic heterocycles. The van der Waals surface area contributed by atoms with Gasteiger partial charge in [0.1, 0.15) is 11.6 Å². The Bertz CT molecular complexity index is 766. The minimum Gasteiger partial charge on any atom is -0.508 e. The number of aromatic nitrogens is 4. The van der Waals surface area contributed by atoms with Crippen molar-refractivity contribution in [1.29, 1.82) is 0 Å². The molecule has 0 bridgehead atoms. The molecule has 114 valence electrons. The number of rotatable bonds is 5. The Kier molecular flexibility index (Phi) is 3.91. The highest BCUT2D eigenvalue weighted by Crippen LogP contribution is 2.14. The van der Waals surface area contributed by atoms with Gasteiger partial charge in [-0.1, -0.05) is 19.1 Å². The van der Waals surface area contributed by atoms with Crippen molar-refractivity contribution < 1.29 is 5.11 Å². The zero-order chi connectivity index (χ0) is 15.5. The molecule has 1 unspecified atom stereocenters. The summed E-state index contributed by atoms with van der Waals surface area (Å²) in [5.74, 6) is 1.84. The summed E-state index contributed by atoms with van der Waals surface area (Å²) in [5, 5.41) is 25.6. The first-order valence-electron chi connectivity index (χ1n) is 7.41. The fraction of sp³-hybridized carbons (Fsp3) is 0.312. The maximum Gasteiger partial charge on any atom is 0.178 e. The number of aromatic hydroxyl groups is 1. The van der Waals surface area contributed by atoms with Crippen LogP contribution in [0, 0.1) is 0 Å². The van der Waals surface area contributed by atoms with Crippen LogP contribution in [0.5, 0.6) is 5.75 Å². The van der Waals surface area contributed by atoms with Gasteiger partial charge in [-0.2, -0.15) is 4.52 Å². The number of nitrogens with zero attached hydrogens (tertiary/aromatic N) is 4. The Labute approximate surface area is 128 Å². The Morgan fingerprint density at radius 3 is 2.64 bits per heavy atom. The molecule has 1 aromatic carbocycles. The van der Waals surface area contributed by atoms with Crippen LogP contribution in [0.15, 0.2) is 36.4 Å². The van der Waals surface area contributed by atoms with Gasteiger partial charge in [-0.05, 0) is 43.2 Å². The fourth-order valence-corrected chi connectivity index (χ4v) is 2.17. The van der Waals surface area contributed by atoms with Crippen molar-refractivity contribution in [3.8, 4) is 5.75 Å². The van der Waals surface area contributed by atoms with Crippen LogP contribution >= 0.6 is 0 Å². The zero-order valence-electron chi connectivity index (χ0n) is 12.7. The topological polar surface area (TPSA) is 75.3 Å². The number of phenolic OH excluding ortho intramolecular Hbond substituents is 1. The molecule has 0 radical (unpaired) electrons. The quantitative estimate of drug-likeness (QED) is 0.757. The maximum absolute atomic E-state index is 9.34. The Balaban J connectivity index is 1.89. The molecule has 0 saturated heterocycles. The molecule has 2 N–H and O–H groups in total. The van der Waals surface area contributed by atoms with E-state index in [4.69, 9.17) is 0 Å². The number of hydrogen-bond acceptors (Lipinski definition) is 5. The first-order valence-corrected chi connectivity index (χ1v) is 7.41. The van der Waals surface area contributed by atoms with E-state index in [-0.39, 0.29) is 5.75 Å². The summed E-state index contributed by atoms with van der Waals surface area (Å²) in [5.41, 5.74) is 1.78. The molecule has 6 nitrogen and oxygen atoms in total. The lowest BCUT2D eigenvalue weighted by molar-refractivity contribution is 0.475. The van der Waals surface area contributed by atoms with E-state index in [1.165, 1.54) is 0 Å². The molecular weight excluding hydrogens is 278 g/mol. The van der Waals surface area contributed by atoms with E-state index in [1.54, 1.807) is 16.6 Å². The predicted octanol–water partition coefficient (Wildman–Crippen LogP) is 2.63. The molecule has 1 atom stereocenters. The highest BCUT2D eigenvalue weighted by molar-refractivity contribution is 5.44. The third kappa shape index (κ3) is 3.00. The monoisotopic (exact) mass is 297 g/mol. The van der Waals surface area contributed by atoms with Gasteiger partial charge in [0.2, 0.25) is 0 Å². The van der Waals surface area contributed by atoms with E-state index in [9.17, 15) is 5.11 Å². The summed E-state index contributed by atoms with van der Waals surface area (Å²) in [6.45, 7) is 4.25. The van der Waals surface area contributed by atoms with E-state index in [0.29, 0.717) is 12.5 Å². The Morgan fingerprint density at radius 2 is 1.91 bits per heavy atom. The van der Waals surface area contributed by atoms with E-state index >= 15 is 0 Å². The van der Waals surface area contributed by atoms with Crippen LogP contribution in [-0.4, -0.2) is 31.0 Å². The molecule has 3 aromatic rings. The molecule has 3 rings (SSSR count). The van der Waals surface area contributed by atoms with Crippen LogP contribution in [0.25, 0.3) is 5.65 Å². The summed E-state index contributed by atoms with van der Waals surface area (Å²) >= 11 is 0. The Hall–Kier alpha value is -2.63.